The van der Waals surface area contributed by atoms with Gasteiger partial charge in [-0.1, -0.05) is 24.1 Å². The van der Waals surface area contributed by atoms with Crippen LogP contribution in [0.5, 0.6) is 5.75 Å². The van der Waals surface area contributed by atoms with Crippen molar-refractivity contribution in [3.05, 3.63) is 63.9 Å². The Labute approximate surface area is 212 Å². The van der Waals surface area contributed by atoms with Crippen LogP contribution in [0.1, 0.15) is 61.4 Å². The summed E-state index contributed by atoms with van der Waals surface area (Å²) in [6.07, 6.45) is 4.52. The molecule has 1 saturated carbocycles. The minimum atomic E-state index is -3.09. The summed E-state index contributed by atoms with van der Waals surface area (Å²) in [6, 6.07) is 10.2. The Balaban J connectivity index is 1.38. The molecule has 196 valence electrons. The first-order valence-corrected chi connectivity index (χ1v) is 12.4. The molecule has 10 heteroatoms. The molecule has 0 aliphatic heterocycles. The van der Waals surface area contributed by atoms with E-state index in [2.05, 4.69) is 10.3 Å². The van der Waals surface area contributed by atoms with Crippen molar-refractivity contribution in [2.45, 2.75) is 57.9 Å². The van der Waals surface area contributed by atoms with Crippen LogP contribution in [0.4, 0.5) is 8.78 Å². The molecule has 0 bridgehead atoms. The lowest BCUT2D eigenvalue weighted by atomic mass is 9.95. The number of rotatable bonds is 11. The number of hydrogen-bond acceptors (Lipinski definition) is 6. The third-order valence-electron chi connectivity index (χ3n) is 6.84. The van der Waals surface area contributed by atoms with Gasteiger partial charge in [-0.15, -0.1) is 5.10 Å². The number of benzene rings is 2. The molecule has 3 aromatic rings. The molecule has 1 aliphatic carbocycles. The quantitative estimate of drug-likeness (QED) is 0.365. The van der Waals surface area contributed by atoms with Gasteiger partial charge in [-0.05, 0) is 61.6 Å². The number of alkyl halides is 2. The second-order valence-corrected chi connectivity index (χ2v) is 9.68. The van der Waals surface area contributed by atoms with Crippen molar-refractivity contribution >= 4 is 22.7 Å². The van der Waals surface area contributed by atoms with Crippen LogP contribution in [-0.2, 0) is 17.3 Å². The van der Waals surface area contributed by atoms with Crippen LogP contribution >= 0.6 is 0 Å². The number of ether oxygens (including phenoxy) is 1. The summed E-state index contributed by atoms with van der Waals surface area (Å²) in [7, 11) is 0. The second kappa shape index (κ2) is 11.1. The van der Waals surface area contributed by atoms with Crippen LogP contribution in [0, 0.1) is 11.8 Å². The molecule has 0 spiro atoms. The minimum absolute atomic E-state index is 0.0286. The van der Waals surface area contributed by atoms with Gasteiger partial charge in [-0.2, -0.15) is 0 Å². The van der Waals surface area contributed by atoms with Crippen LogP contribution in [0.15, 0.2) is 47.3 Å². The fraction of sp³-hybridized carbons (Fsp3) is 0.444. The van der Waals surface area contributed by atoms with Gasteiger partial charge in [0.25, 0.3) is 11.5 Å². The van der Waals surface area contributed by atoms with Crippen molar-refractivity contribution in [1.82, 2.24) is 15.0 Å². The molecule has 1 aromatic heterocycles. The number of aromatic nitrogens is 3. The predicted molar refractivity (Wildman–Crippen MR) is 132 cm³/mol. The van der Waals surface area contributed by atoms with E-state index in [-0.39, 0.29) is 41.6 Å². The standard InChI is InChI=1S/C27H29F2N3O5/c1-27(28,29)20-8-11-22-23(15-20)30-31-32(25(22)34)13-12-19(26(35)36)14-24(33)18-6-9-21(10-7-18)37-16-17-4-2-3-5-17/h6-11,15,17,19H,2-5,12-14,16H2,1H3,(H,35,36). The molecule has 1 fully saturated rings. The number of hydrogen-bond donors (Lipinski definition) is 1. The van der Waals surface area contributed by atoms with Crippen LogP contribution < -0.4 is 10.3 Å². The Kier molecular flexibility index (Phi) is 7.94. The Morgan fingerprint density at radius 1 is 1.16 bits per heavy atom. The summed E-state index contributed by atoms with van der Waals surface area (Å²) in [5.74, 6) is -4.40. The van der Waals surface area contributed by atoms with Crippen molar-refractivity contribution in [1.29, 1.82) is 0 Å². The Bertz CT molecular complexity index is 1330. The van der Waals surface area contributed by atoms with Crippen LogP contribution in [0.25, 0.3) is 10.9 Å². The van der Waals surface area contributed by atoms with Gasteiger partial charge in [-0.25, -0.2) is 13.5 Å². The van der Waals surface area contributed by atoms with E-state index < -0.39 is 23.4 Å². The highest BCUT2D eigenvalue weighted by atomic mass is 19.3. The van der Waals surface area contributed by atoms with Crippen molar-refractivity contribution in [3.8, 4) is 5.75 Å². The van der Waals surface area contributed by atoms with Crippen molar-refractivity contribution < 1.29 is 28.2 Å². The van der Waals surface area contributed by atoms with Gasteiger partial charge in [0.05, 0.1) is 17.9 Å². The SMILES string of the molecule is CC(F)(F)c1ccc2c(=O)n(CCC(CC(=O)c3ccc(OCC4CCCC4)cc3)C(=O)O)nnc2c1. The number of carbonyl (C=O) groups excluding carboxylic acids is 1. The summed E-state index contributed by atoms with van der Waals surface area (Å²) in [5.41, 5.74) is -0.449. The monoisotopic (exact) mass is 513 g/mol. The van der Waals surface area contributed by atoms with E-state index in [0.29, 0.717) is 23.8 Å². The number of carbonyl (C=O) groups is 2. The lowest BCUT2D eigenvalue weighted by Crippen LogP contribution is -2.27. The zero-order valence-corrected chi connectivity index (χ0v) is 20.5. The van der Waals surface area contributed by atoms with Gasteiger partial charge in [0.15, 0.2) is 5.78 Å². The first-order valence-electron chi connectivity index (χ1n) is 12.4. The van der Waals surface area contributed by atoms with Crippen LogP contribution in [-0.4, -0.2) is 38.5 Å². The van der Waals surface area contributed by atoms with Gasteiger partial charge >= 0.3 is 5.97 Å². The molecule has 0 amide bonds. The van der Waals surface area contributed by atoms with E-state index in [1.54, 1.807) is 24.3 Å². The smallest absolute Gasteiger partial charge is 0.307 e. The Hall–Kier alpha value is -3.69. The predicted octanol–water partition coefficient (Wildman–Crippen LogP) is 4.84. The molecule has 37 heavy (non-hydrogen) atoms. The van der Waals surface area contributed by atoms with E-state index >= 15 is 0 Å². The number of aliphatic carboxylic acids is 1. The van der Waals surface area contributed by atoms with Gasteiger partial charge in [0.1, 0.15) is 11.3 Å². The fourth-order valence-corrected chi connectivity index (χ4v) is 4.56. The van der Waals surface area contributed by atoms with Crippen molar-refractivity contribution in [2.75, 3.05) is 6.61 Å². The number of fused-ring (bicyclic) bond motifs is 1. The number of Topliss-reactive ketones (excluding diaryl/α,β-unsaturated/α-hetero) is 1. The average molecular weight is 514 g/mol. The molecular formula is C27H29F2N3O5. The molecule has 4 rings (SSSR count). The first-order chi connectivity index (χ1) is 17.6. The molecule has 8 nitrogen and oxygen atoms in total. The third kappa shape index (κ3) is 6.55. The van der Waals surface area contributed by atoms with Crippen molar-refractivity contribution in [3.63, 3.8) is 0 Å². The molecule has 1 heterocycles. The number of nitrogens with zero attached hydrogens (tertiary/aromatic N) is 3. The lowest BCUT2D eigenvalue weighted by Gasteiger charge is -2.14. The molecule has 1 N–H and O–H groups in total. The molecule has 1 unspecified atom stereocenters. The number of halogens is 2. The topological polar surface area (TPSA) is 111 Å². The zero-order chi connectivity index (χ0) is 26.6. The summed E-state index contributed by atoms with van der Waals surface area (Å²) < 4.78 is 33.9. The highest BCUT2D eigenvalue weighted by Gasteiger charge is 2.26. The summed E-state index contributed by atoms with van der Waals surface area (Å²) in [5, 5.41) is 17.4. The molecule has 0 saturated heterocycles. The summed E-state index contributed by atoms with van der Waals surface area (Å²) in [6.45, 7) is 1.30. The zero-order valence-electron chi connectivity index (χ0n) is 20.5. The maximum absolute atomic E-state index is 13.6. The normalized spacial score (nSPS) is 15.1. The number of carboxylic acid groups (broad SMARTS) is 1. The highest BCUT2D eigenvalue weighted by Crippen LogP contribution is 2.28. The van der Waals surface area contributed by atoms with Crippen molar-refractivity contribution in [2.24, 2.45) is 11.8 Å². The summed E-state index contributed by atoms with van der Waals surface area (Å²) >= 11 is 0. The maximum atomic E-state index is 13.6. The average Bonchev–Trinajstić information content (AvgIpc) is 3.39. The Morgan fingerprint density at radius 3 is 2.51 bits per heavy atom. The van der Waals surface area contributed by atoms with Gasteiger partial charge in [-0.3, -0.25) is 14.4 Å². The Morgan fingerprint density at radius 2 is 1.86 bits per heavy atom. The van der Waals surface area contributed by atoms with E-state index in [1.165, 1.54) is 31.7 Å². The van der Waals surface area contributed by atoms with Gasteiger partial charge < -0.3 is 9.84 Å². The van der Waals surface area contributed by atoms with E-state index in [4.69, 9.17) is 4.74 Å². The van der Waals surface area contributed by atoms with Gasteiger partial charge in [0.2, 0.25) is 0 Å². The molecular weight excluding hydrogens is 484 g/mol. The summed E-state index contributed by atoms with van der Waals surface area (Å²) in [4.78, 5) is 37.3. The first kappa shape index (κ1) is 26.4. The van der Waals surface area contributed by atoms with E-state index in [1.807, 2.05) is 0 Å². The maximum Gasteiger partial charge on any atom is 0.307 e. The van der Waals surface area contributed by atoms with Crippen LogP contribution in [0.3, 0.4) is 0 Å². The number of ketones is 1. The lowest BCUT2D eigenvalue weighted by molar-refractivity contribution is -0.142. The van der Waals surface area contributed by atoms with E-state index in [9.17, 15) is 28.3 Å². The number of aryl methyl sites for hydroxylation is 1. The molecule has 1 aliphatic rings. The largest absolute Gasteiger partial charge is 0.493 e. The van der Waals surface area contributed by atoms with Crippen LogP contribution in [0.2, 0.25) is 0 Å². The number of carboxylic acids is 1. The highest BCUT2D eigenvalue weighted by molar-refractivity contribution is 5.98. The second-order valence-electron chi connectivity index (χ2n) is 9.68. The fourth-order valence-electron chi connectivity index (χ4n) is 4.56. The van der Waals surface area contributed by atoms with Gasteiger partial charge in [0, 0.05) is 31.0 Å². The minimum Gasteiger partial charge on any atom is -0.493 e. The molecule has 2 aromatic carbocycles. The molecule has 0 radical (unpaired) electrons. The van der Waals surface area contributed by atoms with E-state index in [0.717, 1.165) is 23.7 Å². The third-order valence-corrected chi connectivity index (χ3v) is 6.84. The molecule has 1 atom stereocenters.